The summed E-state index contributed by atoms with van der Waals surface area (Å²) in [7, 11) is -2.96. The van der Waals surface area contributed by atoms with Crippen molar-refractivity contribution in [2.24, 2.45) is 11.8 Å². The molecule has 1 aliphatic heterocycles. The molecule has 0 amide bonds. The van der Waals surface area contributed by atoms with Crippen molar-refractivity contribution in [2.45, 2.75) is 19.3 Å². The first-order chi connectivity index (χ1) is 8.55. The van der Waals surface area contributed by atoms with Crippen LogP contribution in [0.4, 0.5) is 0 Å². The van der Waals surface area contributed by atoms with E-state index in [1.54, 1.807) is 0 Å². The zero-order valence-electron chi connectivity index (χ0n) is 10.1. The van der Waals surface area contributed by atoms with Gasteiger partial charge in [0.2, 0.25) is 0 Å². The van der Waals surface area contributed by atoms with E-state index in [0.717, 1.165) is 12.8 Å². The van der Waals surface area contributed by atoms with Crippen LogP contribution in [0.1, 0.15) is 17.5 Å². The largest absolute Gasteiger partial charge is 0.299 e. The maximum Gasteiger partial charge on any atom is 0.151 e. The molecule has 1 heterocycles. The second-order valence-electron chi connectivity index (χ2n) is 5.38. The minimum Gasteiger partial charge on any atom is -0.299 e. The summed E-state index contributed by atoms with van der Waals surface area (Å²) in [5.41, 5.74) is 2.49. The highest BCUT2D eigenvalue weighted by atomic mass is 32.2. The summed E-state index contributed by atoms with van der Waals surface area (Å²) in [5.74, 6) is 0.157. The smallest absolute Gasteiger partial charge is 0.151 e. The van der Waals surface area contributed by atoms with E-state index in [9.17, 15) is 13.2 Å². The molecule has 0 N–H and O–H groups in total. The highest BCUT2D eigenvalue weighted by Gasteiger charge is 2.38. The molecule has 4 heteroatoms. The molecule has 0 radical (unpaired) electrons. The Labute approximate surface area is 107 Å². The van der Waals surface area contributed by atoms with E-state index in [1.807, 2.05) is 12.1 Å². The van der Waals surface area contributed by atoms with Crippen LogP contribution in [-0.2, 0) is 27.5 Å². The molecule has 1 atom stereocenters. The average molecular weight is 264 g/mol. The van der Waals surface area contributed by atoms with Gasteiger partial charge in [0, 0.05) is 11.8 Å². The Morgan fingerprint density at radius 3 is 2.17 bits per heavy atom. The molecule has 0 saturated carbocycles. The van der Waals surface area contributed by atoms with Crippen molar-refractivity contribution < 1.29 is 13.2 Å². The number of ketones is 1. The van der Waals surface area contributed by atoms with E-state index in [-0.39, 0.29) is 29.1 Å². The van der Waals surface area contributed by atoms with Crippen LogP contribution in [0.5, 0.6) is 0 Å². The van der Waals surface area contributed by atoms with Crippen LogP contribution in [0.3, 0.4) is 0 Å². The molecular weight excluding hydrogens is 248 g/mol. The molecule has 1 aliphatic carbocycles. The van der Waals surface area contributed by atoms with Crippen molar-refractivity contribution in [3.05, 3.63) is 35.4 Å². The Kier molecular flexibility index (Phi) is 2.77. The number of hydrogen-bond donors (Lipinski definition) is 0. The lowest BCUT2D eigenvalue weighted by atomic mass is 9.90. The zero-order valence-corrected chi connectivity index (χ0v) is 10.9. The van der Waals surface area contributed by atoms with Gasteiger partial charge in [-0.3, -0.25) is 4.79 Å². The van der Waals surface area contributed by atoms with Gasteiger partial charge in [-0.05, 0) is 30.4 Å². The van der Waals surface area contributed by atoms with Gasteiger partial charge in [0.1, 0.15) is 5.78 Å². The lowest BCUT2D eigenvalue weighted by molar-refractivity contribution is -0.125. The third-order valence-corrected chi connectivity index (χ3v) is 5.86. The Bertz CT molecular complexity index is 564. The molecule has 1 unspecified atom stereocenters. The molecular formula is C14H16O3S. The van der Waals surface area contributed by atoms with Gasteiger partial charge in [0.25, 0.3) is 0 Å². The highest BCUT2D eigenvalue weighted by Crippen LogP contribution is 2.31. The lowest BCUT2D eigenvalue weighted by Crippen LogP contribution is -2.25. The van der Waals surface area contributed by atoms with Gasteiger partial charge in [0.05, 0.1) is 11.5 Å². The van der Waals surface area contributed by atoms with Crippen LogP contribution in [0.2, 0.25) is 0 Å². The van der Waals surface area contributed by atoms with Gasteiger partial charge in [-0.2, -0.15) is 0 Å². The molecule has 0 bridgehead atoms. The van der Waals surface area contributed by atoms with E-state index in [0.29, 0.717) is 6.42 Å². The molecule has 1 saturated heterocycles. The summed E-state index contributed by atoms with van der Waals surface area (Å²) >= 11 is 0. The SMILES string of the molecule is O=C(C1Cc2ccccc2C1)C1CCS(=O)(=O)C1. The Balaban J connectivity index is 1.73. The van der Waals surface area contributed by atoms with Crippen molar-refractivity contribution in [3.63, 3.8) is 0 Å². The number of rotatable bonds is 2. The Morgan fingerprint density at radius 1 is 1.06 bits per heavy atom. The number of fused-ring (bicyclic) bond motifs is 1. The van der Waals surface area contributed by atoms with Gasteiger partial charge >= 0.3 is 0 Å². The fraction of sp³-hybridized carbons (Fsp3) is 0.500. The molecule has 2 aliphatic rings. The topological polar surface area (TPSA) is 51.2 Å². The van der Waals surface area contributed by atoms with Crippen molar-refractivity contribution >= 4 is 15.6 Å². The minimum absolute atomic E-state index is 0.000648. The number of carbonyl (C=O) groups excluding carboxylic acids is 1. The third kappa shape index (κ3) is 2.09. The summed E-state index contributed by atoms with van der Waals surface area (Å²) < 4.78 is 22.9. The van der Waals surface area contributed by atoms with Crippen LogP contribution < -0.4 is 0 Å². The second kappa shape index (κ2) is 4.19. The van der Waals surface area contributed by atoms with Crippen LogP contribution in [-0.4, -0.2) is 25.7 Å². The number of carbonyl (C=O) groups is 1. The third-order valence-electron chi connectivity index (χ3n) is 4.09. The van der Waals surface area contributed by atoms with Crippen molar-refractivity contribution in [3.8, 4) is 0 Å². The first kappa shape index (κ1) is 11.9. The van der Waals surface area contributed by atoms with Crippen molar-refractivity contribution in [2.75, 3.05) is 11.5 Å². The molecule has 18 heavy (non-hydrogen) atoms. The van der Waals surface area contributed by atoms with Gasteiger partial charge in [-0.25, -0.2) is 8.42 Å². The quantitative estimate of drug-likeness (QED) is 0.811. The van der Waals surface area contributed by atoms with E-state index in [2.05, 4.69) is 12.1 Å². The van der Waals surface area contributed by atoms with Gasteiger partial charge < -0.3 is 0 Å². The van der Waals surface area contributed by atoms with E-state index < -0.39 is 9.84 Å². The number of sulfone groups is 1. The normalized spacial score (nSPS) is 26.1. The maximum absolute atomic E-state index is 12.3. The molecule has 96 valence electrons. The minimum atomic E-state index is -2.96. The van der Waals surface area contributed by atoms with Crippen LogP contribution in [0.15, 0.2) is 24.3 Å². The highest BCUT2D eigenvalue weighted by molar-refractivity contribution is 7.91. The van der Waals surface area contributed by atoms with Crippen LogP contribution >= 0.6 is 0 Å². The van der Waals surface area contributed by atoms with Crippen LogP contribution in [0, 0.1) is 11.8 Å². The standard InChI is InChI=1S/C14H16O3S/c15-14(12-5-6-18(16,17)9-12)13-7-10-3-1-2-4-11(10)8-13/h1-4,12-13H,5-9H2. The van der Waals surface area contributed by atoms with Gasteiger partial charge in [0.15, 0.2) is 9.84 Å². The molecule has 3 rings (SSSR count). The first-order valence-electron chi connectivity index (χ1n) is 6.36. The average Bonchev–Trinajstić information content (AvgIpc) is 2.91. The first-order valence-corrected chi connectivity index (χ1v) is 8.18. The summed E-state index contributed by atoms with van der Waals surface area (Å²) in [4.78, 5) is 12.3. The molecule has 1 aromatic carbocycles. The number of hydrogen-bond acceptors (Lipinski definition) is 3. The maximum atomic E-state index is 12.3. The molecule has 0 spiro atoms. The van der Waals surface area contributed by atoms with Crippen molar-refractivity contribution in [1.29, 1.82) is 0 Å². The summed E-state index contributed by atoms with van der Waals surface area (Å²) in [6, 6.07) is 8.11. The zero-order chi connectivity index (χ0) is 12.8. The lowest BCUT2D eigenvalue weighted by Gasteiger charge is -2.12. The van der Waals surface area contributed by atoms with Crippen molar-refractivity contribution in [1.82, 2.24) is 0 Å². The summed E-state index contributed by atoms with van der Waals surface area (Å²) in [6.07, 6.45) is 2.09. The fourth-order valence-electron chi connectivity index (χ4n) is 3.11. The van der Waals surface area contributed by atoms with Gasteiger partial charge in [-0.1, -0.05) is 24.3 Å². The molecule has 1 aromatic rings. The fourth-order valence-corrected chi connectivity index (χ4v) is 4.87. The predicted octanol–water partition coefficient (Wildman–Crippen LogP) is 1.41. The van der Waals surface area contributed by atoms with E-state index in [4.69, 9.17) is 0 Å². The van der Waals surface area contributed by atoms with E-state index in [1.165, 1.54) is 11.1 Å². The Morgan fingerprint density at radius 2 is 1.67 bits per heavy atom. The van der Waals surface area contributed by atoms with Crippen LogP contribution in [0.25, 0.3) is 0 Å². The molecule has 1 fully saturated rings. The Hall–Kier alpha value is -1.16. The summed E-state index contributed by atoms with van der Waals surface area (Å²) in [6.45, 7) is 0. The number of benzene rings is 1. The number of Topliss-reactive ketones (excluding diaryl/α,β-unsaturated/α-hetero) is 1. The van der Waals surface area contributed by atoms with Gasteiger partial charge in [-0.15, -0.1) is 0 Å². The molecule has 3 nitrogen and oxygen atoms in total. The van der Waals surface area contributed by atoms with E-state index >= 15 is 0 Å². The monoisotopic (exact) mass is 264 g/mol. The second-order valence-corrected chi connectivity index (χ2v) is 7.60. The predicted molar refractivity (Wildman–Crippen MR) is 69.1 cm³/mol. The molecule has 0 aromatic heterocycles. The summed E-state index contributed by atoms with van der Waals surface area (Å²) in [5, 5.41) is 0.